The molecule has 0 saturated heterocycles. The summed E-state index contributed by atoms with van der Waals surface area (Å²) in [6.07, 6.45) is 9.61. The summed E-state index contributed by atoms with van der Waals surface area (Å²) in [6.45, 7) is 10.2. The van der Waals surface area contributed by atoms with Crippen molar-refractivity contribution in [3.8, 4) is 5.75 Å². The van der Waals surface area contributed by atoms with E-state index >= 15 is 0 Å². The van der Waals surface area contributed by atoms with E-state index in [0.29, 0.717) is 6.42 Å². The molecule has 3 heteroatoms. The number of hydrogen-bond donors (Lipinski definition) is 0. The van der Waals surface area contributed by atoms with Gasteiger partial charge in [-0.2, -0.15) is 0 Å². The van der Waals surface area contributed by atoms with Crippen molar-refractivity contribution < 1.29 is 9.53 Å². The van der Waals surface area contributed by atoms with E-state index in [4.69, 9.17) is 4.74 Å². The van der Waals surface area contributed by atoms with Crippen LogP contribution in [-0.4, -0.2) is 19.8 Å². The van der Waals surface area contributed by atoms with Crippen LogP contribution >= 0.6 is 0 Å². The first-order valence-corrected chi connectivity index (χ1v) is 11.2. The SMILES string of the molecule is C=C(C)CCC(=O)c1cc(C2=CC=CC2)bc2ccccc12.CCc1ccccc1OC. The van der Waals surface area contributed by atoms with E-state index in [0.717, 1.165) is 52.3 Å². The van der Waals surface area contributed by atoms with Gasteiger partial charge in [0, 0.05) is 0 Å². The fourth-order valence-electron chi connectivity index (χ4n) is 3.84. The Hall–Kier alpha value is -3.20. The third-order valence-electron chi connectivity index (χ3n) is 5.66. The molecule has 0 bridgehead atoms. The van der Waals surface area contributed by atoms with Gasteiger partial charge in [0.05, 0.1) is 7.11 Å². The molecule has 1 aliphatic rings. The summed E-state index contributed by atoms with van der Waals surface area (Å²) < 4.78 is 5.14. The minimum Gasteiger partial charge on any atom is -0.496 e. The minimum atomic E-state index is 0.201. The zero-order chi connectivity index (χ0) is 22.9. The number of Topliss-reactive ketones (excluding diaryl/α,β-unsaturated/α-hetero) is 1. The monoisotopic (exact) mass is 422 g/mol. The van der Waals surface area contributed by atoms with E-state index in [1.165, 1.54) is 11.1 Å². The average molecular weight is 422 g/mol. The maximum atomic E-state index is 12.7. The van der Waals surface area contributed by atoms with Gasteiger partial charge in [-0.25, -0.2) is 0 Å². The molecule has 1 aromatic heterocycles. The maximum absolute atomic E-state index is 12.7. The van der Waals surface area contributed by atoms with Gasteiger partial charge < -0.3 is 4.74 Å². The van der Waals surface area contributed by atoms with E-state index in [1.54, 1.807) is 7.11 Å². The molecule has 2 aromatic carbocycles. The third kappa shape index (κ3) is 5.94. The molecule has 0 unspecified atom stereocenters. The predicted molar refractivity (Wildman–Crippen MR) is 138 cm³/mol. The summed E-state index contributed by atoms with van der Waals surface area (Å²) in [5.74, 6) is 1.19. The molecule has 0 aliphatic heterocycles. The van der Waals surface area contributed by atoms with Crippen LogP contribution in [0.3, 0.4) is 0 Å². The van der Waals surface area contributed by atoms with Gasteiger partial charge in [0.25, 0.3) is 0 Å². The van der Waals surface area contributed by atoms with Crippen molar-refractivity contribution in [1.29, 1.82) is 0 Å². The number of carbonyl (C=O) groups is 1. The van der Waals surface area contributed by atoms with Crippen molar-refractivity contribution in [3.63, 3.8) is 0 Å². The number of benzene rings is 2. The van der Waals surface area contributed by atoms with Gasteiger partial charge in [-0.3, -0.25) is 0 Å². The van der Waals surface area contributed by atoms with Crippen LogP contribution < -0.4 is 4.74 Å². The Balaban J connectivity index is 0.000000243. The number of aryl methyl sites for hydroxylation is 1. The second-order valence-electron chi connectivity index (χ2n) is 8.11. The van der Waals surface area contributed by atoms with Crippen LogP contribution in [0.5, 0.6) is 5.75 Å². The Kier molecular flexibility index (Phi) is 8.38. The first-order chi connectivity index (χ1) is 15.5. The largest absolute Gasteiger partial charge is 0.496 e. The van der Waals surface area contributed by atoms with E-state index in [9.17, 15) is 4.79 Å². The molecule has 2 nitrogen and oxygen atoms in total. The minimum absolute atomic E-state index is 0.201. The van der Waals surface area contributed by atoms with Crippen LogP contribution in [0.2, 0.25) is 0 Å². The van der Waals surface area contributed by atoms with Gasteiger partial charge >= 0.3 is 132 Å². The van der Waals surface area contributed by atoms with Gasteiger partial charge in [0.2, 0.25) is 0 Å². The van der Waals surface area contributed by atoms with Crippen molar-refractivity contribution in [3.05, 3.63) is 102 Å². The predicted octanol–water partition coefficient (Wildman–Crippen LogP) is 7.32. The Morgan fingerprint density at radius 3 is 2.50 bits per heavy atom. The zero-order valence-electron chi connectivity index (χ0n) is 19.4. The van der Waals surface area contributed by atoms with Gasteiger partial charge in [-0.15, -0.1) is 0 Å². The molecule has 0 spiro atoms. The fourth-order valence-corrected chi connectivity index (χ4v) is 3.84. The molecule has 162 valence electrons. The molecular weight excluding hydrogens is 391 g/mol. The summed E-state index contributed by atoms with van der Waals surface area (Å²) >= 11 is 0. The number of ether oxygens (including phenoxy) is 1. The van der Waals surface area contributed by atoms with Gasteiger partial charge in [-0.1, -0.05) is 25.1 Å². The van der Waals surface area contributed by atoms with Crippen molar-refractivity contribution in [2.24, 2.45) is 0 Å². The van der Waals surface area contributed by atoms with Crippen molar-refractivity contribution in [1.82, 2.24) is 0 Å². The number of carbonyl (C=O) groups excluding carboxylic acids is 1. The summed E-state index contributed by atoms with van der Waals surface area (Å²) in [5.41, 5.74) is 5.59. The molecule has 32 heavy (non-hydrogen) atoms. The second-order valence-corrected chi connectivity index (χ2v) is 8.11. The summed E-state index contributed by atoms with van der Waals surface area (Å²) in [5, 5.41) is 2.18. The van der Waals surface area contributed by atoms with Crippen LogP contribution in [0.1, 0.15) is 54.5 Å². The maximum Gasteiger partial charge on any atom is 0.122 e. The summed E-state index contributed by atoms with van der Waals surface area (Å²) in [4.78, 5) is 12.7. The number of para-hydroxylation sites is 1. The van der Waals surface area contributed by atoms with Gasteiger partial charge in [-0.05, 0) is 18.1 Å². The van der Waals surface area contributed by atoms with Crippen LogP contribution in [-0.2, 0) is 6.42 Å². The molecule has 0 fully saturated rings. The van der Waals surface area contributed by atoms with Gasteiger partial charge in [0.15, 0.2) is 0 Å². The van der Waals surface area contributed by atoms with E-state index in [-0.39, 0.29) is 5.78 Å². The first-order valence-electron chi connectivity index (χ1n) is 11.2. The molecule has 0 atom stereocenters. The Bertz CT molecular complexity index is 1150. The Labute approximate surface area is 192 Å². The van der Waals surface area contributed by atoms with Gasteiger partial charge in [0.1, 0.15) is 5.75 Å². The molecule has 3 aromatic rings. The van der Waals surface area contributed by atoms with E-state index < -0.39 is 0 Å². The van der Waals surface area contributed by atoms with Crippen LogP contribution in [0.25, 0.3) is 16.2 Å². The Morgan fingerprint density at radius 2 is 1.84 bits per heavy atom. The van der Waals surface area contributed by atoms with Crippen molar-refractivity contribution in [2.75, 3.05) is 7.11 Å². The topological polar surface area (TPSA) is 26.3 Å². The number of rotatable bonds is 7. The number of allylic oxidation sites excluding steroid dienone is 5. The molecule has 4 rings (SSSR count). The van der Waals surface area contributed by atoms with Crippen molar-refractivity contribution >= 4 is 28.9 Å². The number of fused-ring (bicyclic) bond motifs is 1. The summed E-state index contributed by atoms with van der Waals surface area (Å²) in [7, 11) is 1.70. The van der Waals surface area contributed by atoms with Crippen LogP contribution in [0.15, 0.2) is 85.0 Å². The molecule has 1 aliphatic carbocycles. The van der Waals surface area contributed by atoms with E-state index in [1.807, 2.05) is 43.3 Å². The van der Waals surface area contributed by atoms with E-state index in [2.05, 4.69) is 56.8 Å². The zero-order valence-corrected chi connectivity index (χ0v) is 19.4. The average Bonchev–Trinajstić information content (AvgIpc) is 3.37. The van der Waals surface area contributed by atoms with Crippen LogP contribution in [0.4, 0.5) is 0 Å². The molecule has 0 N–H and O–H groups in total. The molecule has 0 saturated carbocycles. The number of ketones is 1. The normalized spacial score (nSPS) is 12.0. The Morgan fingerprint density at radius 1 is 1.09 bits per heavy atom. The second kappa shape index (κ2) is 11.4. The number of hydrogen-bond acceptors (Lipinski definition) is 2. The smallest absolute Gasteiger partial charge is 0.122 e. The molecule has 1 heterocycles. The first kappa shape index (κ1) is 23.5. The van der Waals surface area contributed by atoms with Crippen molar-refractivity contribution in [2.45, 2.75) is 39.5 Å². The fraction of sp³-hybridized carbons (Fsp3) is 0.241. The molecular formula is C29H31BO2. The standard InChI is InChI=1S/C20H19BO.C9H12O/c1-14(2)11-12-20(22)17-13-19(15-7-3-4-8-15)21-18-10-6-5-9-16(17)18;1-3-8-6-4-5-7-9(8)10-2/h3-7,9-10,13H,1,8,11-12H2,2H3;4-7H,3H2,1-2H3. The number of methoxy groups -OCH3 is 1. The molecule has 0 amide bonds. The van der Waals surface area contributed by atoms with Crippen LogP contribution in [0, 0.1) is 0 Å². The third-order valence-corrected chi connectivity index (χ3v) is 5.66. The summed E-state index contributed by atoms with van der Waals surface area (Å²) in [6, 6.07) is 18.3. The quantitative estimate of drug-likeness (QED) is 0.295. The molecule has 0 radical (unpaired) electrons.